The number of aromatic nitrogens is 2. The van der Waals surface area contributed by atoms with E-state index in [2.05, 4.69) is 14.7 Å². The second-order valence-electron chi connectivity index (χ2n) is 7.40. The molecule has 0 radical (unpaired) electrons. The van der Waals surface area contributed by atoms with Crippen molar-refractivity contribution < 1.29 is 45.3 Å². The highest BCUT2D eigenvalue weighted by Gasteiger charge is 2.44. The van der Waals surface area contributed by atoms with Crippen molar-refractivity contribution in [2.24, 2.45) is 0 Å². The van der Waals surface area contributed by atoms with Crippen molar-refractivity contribution in [2.45, 2.75) is 31.4 Å². The molecule has 0 aliphatic carbocycles. The van der Waals surface area contributed by atoms with Gasteiger partial charge >= 0.3 is 18.7 Å². The largest absolute Gasteiger partial charge is 0.461 e. The van der Waals surface area contributed by atoms with Crippen LogP contribution in [0, 0.1) is 0 Å². The van der Waals surface area contributed by atoms with Crippen molar-refractivity contribution in [1.82, 2.24) is 9.97 Å². The molecule has 0 amide bonds. The predicted molar refractivity (Wildman–Crippen MR) is 120 cm³/mol. The summed E-state index contributed by atoms with van der Waals surface area (Å²) in [6.07, 6.45) is -15.6. The average Bonchev–Trinajstić information content (AvgIpc) is 2.81. The topological polar surface area (TPSA) is 67.7 Å². The SMILES string of the molecule is O[C@H](CN(Cc1cccc(OC(F)(F)C(F)F)c1)c1nccc(Oc2cccc(Cl)c2Cl)n1)C(F)(F)F. The zero-order chi connectivity index (χ0) is 27.4. The van der Waals surface area contributed by atoms with Gasteiger partial charge in [-0.2, -0.15) is 35.7 Å². The standard InChI is InChI=1S/C22H16Cl2F7N3O3/c23-14-5-2-6-15(18(14)24)36-17-7-8-32-20(33-17)34(11-16(35)21(27,28)29)10-12-3-1-4-13(9-12)37-22(30,31)19(25)26/h1-9,16,19,35H,10-11H2/t16-/m1/s1. The summed E-state index contributed by atoms with van der Waals surface area (Å²) in [5.74, 6) is -1.06. The fraction of sp³-hybridized carbons (Fsp3) is 0.273. The number of benzene rings is 2. The molecule has 3 aromatic rings. The third-order valence-electron chi connectivity index (χ3n) is 4.58. The zero-order valence-electron chi connectivity index (χ0n) is 18.3. The zero-order valence-corrected chi connectivity index (χ0v) is 19.8. The maximum Gasteiger partial charge on any atom is 0.461 e. The summed E-state index contributed by atoms with van der Waals surface area (Å²) in [5.41, 5.74) is 0.0600. The molecule has 1 atom stereocenters. The van der Waals surface area contributed by atoms with E-state index in [0.717, 1.165) is 23.2 Å². The first-order valence-corrected chi connectivity index (χ1v) is 10.9. The molecule has 0 saturated heterocycles. The molecule has 0 saturated carbocycles. The summed E-state index contributed by atoms with van der Waals surface area (Å²) in [6, 6.07) is 10.1. The molecule has 1 heterocycles. The summed E-state index contributed by atoms with van der Waals surface area (Å²) in [6.45, 7) is -1.53. The Morgan fingerprint density at radius 2 is 1.70 bits per heavy atom. The minimum Gasteiger partial charge on any atom is -0.437 e. The Hall–Kier alpha value is -3.03. The molecule has 3 rings (SSSR count). The van der Waals surface area contributed by atoms with Gasteiger partial charge in [-0.1, -0.05) is 41.4 Å². The number of hydrogen-bond acceptors (Lipinski definition) is 6. The maximum atomic E-state index is 13.3. The Bertz CT molecular complexity index is 1220. The van der Waals surface area contributed by atoms with Gasteiger partial charge in [0.2, 0.25) is 11.8 Å². The Balaban J connectivity index is 1.90. The van der Waals surface area contributed by atoms with E-state index in [0.29, 0.717) is 0 Å². The molecule has 0 unspecified atom stereocenters. The Labute approximate surface area is 215 Å². The van der Waals surface area contributed by atoms with Gasteiger partial charge in [0.15, 0.2) is 6.10 Å². The van der Waals surface area contributed by atoms with Gasteiger partial charge in [0.05, 0.1) is 11.6 Å². The van der Waals surface area contributed by atoms with Gasteiger partial charge in [0.25, 0.3) is 0 Å². The first-order valence-electron chi connectivity index (χ1n) is 10.1. The molecule has 0 bridgehead atoms. The van der Waals surface area contributed by atoms with Gasteiger partial charge in [-0.15, -0.1) is 0 Å². The molecule has 37 heavy (non-hydrogen) atoms. The number of aliphatic hydroxyl groups is 1. The normalized spacial score (nSPS) is 12.9. The van der Waals surface area contributed by atoms with Crippen LogP contribution in [0.4, 0.5) is 36.7 Å². The highest BCUT2D eigenvalue weighted by molar-refractivity contribution is 6.42. The van der Waals surface area contributed by atoms with E-state index >= 15 is 0 Å². The Morgan fingerprint density at radius 3 is 2.38 bits per heavy atom. The summed E-state index contributed by atoms with van der Waals surface area (Å²) in [7, 11) is 0. The molecule has 0 aliphatic heterocycles. The minimum atomic E-state index is -5.01. The number of anilines is 1. The fourth-order valence-corrected chi connectivity index (χ4v) is 3.21. The second-order valence-corrected chi connectivity index (χ2v) is 8.18. The van der Waals surface area contributed by atoms with Gasteiger partial charge in [-0.3, -0.25) is 0 Å². The van der Waals surface area contributed by atoms with Gasteiger partial charge < -0.3 is 19.5 Å². The second kappa shape index (κ2) is 11.6. The first-order chi connectivity index (χ1) is 17.3. The molecular formula is C22H16Cl2F7N3O3. The van der Waals surface area contributed by atoms with Crippen molar-refractivity contribution in [3.63, 3.8) is 0 Å². The van der Waals surface area contributed by atoms with Crippen LogP contribution in [-0.4, -0.2) is 46.4 Å². The number of aliphatic hydroxyl groups excluding tert-OH is 1. The number of halogens is 9. The maximum absolute atomic E-state index is 13.3. The lowest BCUT2D eigenvalue weighted by Crippen LogP contribution is -2.41. The van der Waals surface area contributed by atoms with Crippen LogP contribution in [0.2, 0.25) is 10.0 Å². The summed E-state index contributed by atoms with van der Waals surface area (Å²) < 4.78 is 100. The van der Waals surface area contributed by atoms with E-state index < -0.39 is 43.7 Å². The molecule has 1 aromatic heterocycles. The summed E-state index contributed by atoms with van der Waals surface area (Å²) in [5, 5.41) is 9.86. The third-order valence-corrected chi connectivity index (χ3v) is 5.38. The van der Waals surface area contributed by atoms with Gasteiger partial charge in [-0.25, -0.2) is 4.98 Å². The molecule has 15 heteroatoms. The van der Waals surface area contributed by atoms with E-state index in [9.17, 15) is 35.8 Å². The molecule has 200 valence electrons. The summed E-state index contributed by atoms with van der Waals surface area (Å²) in [4.78, 5) is 8.83. The van der Waals surface area contributed by atoms with Gasteiger partial charge in [0.1, 0.15) is 16.5 Å². The van der Waals surface area contributed by atoms with Crippen LogP contribution in [0.1, 0.15) is 5.56 Å². The van der Waals surface area contributed by atoms with Gasteiger partial charge in [0, 0.05) is 18.8 Å². The number of hydrogen-bond donors (Lipinski definition) is 1. The smallest absolute Gasteiger partial charge is 0.437 e. The van der Waals surface area contributed by atoms with Crippen LogP contribution < -0.4 is 14.4 Å². The predicted octanol–water partition coefficient (Wildman–Crippen LogP) is 6.74. The lowest BCUT2D eigenvalue weighted by atomic mass is 10.2. The van der Waals surface area contributed by atoms with Crippen molar-refractivity contribution in [3.8, 4) is 17.4 Å². The number of nitrogens with zero attached hydrogens (tertiary/aromatic N) is 3. The van der Waals surface area contributed by atoms with Crippen LogP contribution >= 0.6 is 23.2 Å². The first kappa shape index (κ1) is 28.5. The lowest BCUT2D eigenvalue weighted by Gasteiger charge is -2.27. The molecule has 6 nitrogen and oxygen atoms in total. The van der Waals surface area contributed by atoms with Crippen LogP contribution in [0.25, 0.3) is 0 Å². The van der Waals surface area contributed by atoms with Crippen LogP contribution in [0.5, 0.6) is 17.4 Å². The van der Waals surface area contributed by atoms with Crippen molar-refractivity contribution >= 4 is 29.2 Å². The fourth-order valence-electron chi connectivity index (χ4n) is 2.88. The van der Waals surface area contributed by atoms with E-state index in [4.69, 9.17) is 27.9 Å². The van der Waals surface area contributed by atoms with E-state index in [-0.39, 0.29) is 33.2 Å². The molecule has 0 aliphatic rings. The van der Waals surface area contributed by atoms with Crippen molar-refractivity contribution in [2.75, 3.05) is 11.4 Å². The molecule has 0 spiro atoms. The quantitative estimate of drug-likeness (QED) is 0.271. The van der Waals surface area contributed by atoms with Crippen LogP contribution in [0.3, 0.4) is 0 Å². The third kappa shape index (κ3) is 7.73. The molecule has 2 aromatic carbocycles. The summed E-state index contributed by atoms with van der Waals surface area (Å²) >= 11 is 12.0. The minimum absolute atomic E-state index is 0.0473. The van der Waals surface area contributed by atoms with Crippen LogP contribution in [0.15, 0.2) is 54.7 Å². The average molecular weight is 574 g/mol. The number of alkyl halides is 7. The van der Waals surface area contributed by atoms with E-state index in [1.165, 1.54) is 36.4 Å². The molecular weight excluding hydrogens is 558 g/mol. The molecule has 1 N–H and O–H groups in total. The monoisotopic (exact) mass is 573 g/mol. The van der Waals surface area contributed by atoms with Crippen molar-refractivity contribution in [1.29, 1.82) is 0 Å². The van der Waals surface area contributed by atoms with Crippen LogP contribution in [-0.2, 0) is 6.54 Å². The number of ether oxygens (including phenoxy) is 2. The Kier molecular flexibility index (Phi) is 8.92. The lowest BCUT2D eigenvalue weighted by molar-refractivity contribution is -0.253. The highest BCUT2D eigenvalue weighted by Crippen LogP contribution is 2.34. The van der Waals surface area contributed by atoms with E-state index in [1.54, 1.807) is 0 Å². The number of rotatable bonds is 10. The Morgan fingerprint density at radius 1 is 1.00 bits per heavy atom. The van der Waals surface area contributed by atoms with Gasteiger partial charge in [-0.05, 0) is 29.8 Å². The van der Waals surface area contributed by atoms with Crippen molar-refractivity contribution in [3.05, 3.63) is 70.3 Å². The highest BCUT2D eigenvalue weighted by atomic mass is 35.5. The molecule has 0 fully saturated rings. The van der Waals surface area contributed by atoms with E-state index in [1.807, 2.05) is 0 Å².